The molecule has 0 atom stereocenters. The molecule has 20 heavy (non-hydrogen) atoms. The average Bonchev–Trinajstić information content (AvgIpc) is 2.43. The minimum absolute atomic E-state index is 0.0252. The Balaban J connectivity index is 2.54. The van der Waals surface area contributed by atoms with Crippen molar-refractivity contribution in [3.05, 3.63) is 24.3 Å². The van der Waals surface area contributed by atoms with Crippen LogP contribution in [-0.2, 0) is 19.4 Å². The monoisotopic (exact) mass is 300 g/mol. The van der Waals surface area contributed by atoms with Gasteiger partial charge in [0.05, 0.1) is 17.2 Å². The SMILES string of the molecule is CCS(=O)(=O)c1ccc(NCC(=O)NCC(=O)O)cc1. The number of aliphatic carboxylic acids is 1. The van der Waals surface area contributed by atoms with Gasteiger partial charge < -0.3 is 15.7 Å². The first-order valence-corrected chi connectivity index (χ1v) is 7.55. The number of nitrogens with one attached hydrogen (secondary N) is 2. The molecule has 0 aliphatic heterocycles. The van der Waals surface area contributed by atoms with E-state index >= 15 is 0 Å². The van der Waals surface area contributed by atoms with Gasteiger partial charge in [-0.15, -0.1) is 0 Å². The Hall–Kier alpha value is -2.09. The number of anilines is 1. The number of benzene rings is 1. The Morgan fingerprint density at radius 1 is 1.15 bits per heavy atom. The maximum absolute atomic E-state index is 11.6. The second-order valence-corrected chi connectivity index (χ2v) is 6.23. The van der Waals surface area contributed by atoms with Crippen LogP contribution in [0.1, 0.15) is 6.92 Å². The van der Waals surface area contributed by atoms with E-state index in [0.717, 1.165) is 0 Å². The summed E-state index contributed by atoms with van der Waals surface area (Å²) in [5, 5.41) is 13.4. The number of amides is 1. The highest BCUT2D eigenvalue weighted by molar-refractivity contribution is 7.91. The van der Waals surface area contributed by atoms with E-state index in [1.165, 1.54) is 12.1 Å². The summed E-state index contributed by atoms with van der Waals surface area (Å²) in [6.07, 6.45) is 0. The lowest BCUT2D eigenvalue weighted by molar-refractivity contribution is -0.137. The summed E-state index contributed by atoms with van der Waals surface area (Å²) in [6.45, 7) is 1.04. The largest absolute Gasteiger partial charge is 0.480 e. The Morgan fingerprint density at radius 3 is 2.25 bits per heavy atom. The van der Waals surface area contributed by atoms with Gasteiger partial charge in [-0.25, -0.2) is 8.42 Å². The molecule has 0 fully saturated rings. The Kier molecular flexibility index (Phi) is 5.51. The van der Waals surface area contributed by atoms with Gasteiger partial charge in [0.25, 0.3) is 0 Å². The highest BCUT2D eigenvalue weighted by atomic mass is 32.2. The molecule has 0 saturated heterocycles. The van der Waals surface area contributed by atoms with Crippen molar-refractivity contribution >= 4 is 27.4 Å². The van der Waals surface area contributed by atoms with Crippen molar-refractivity contribution in [2.45, 2.75) is 11.8 Å². The van der Waals surface area contributed by atoms with E-state index in [0.29, 0.717) is 5.69 Å². The molecule has 1 aromatic rings. The normalized spacial score (nSPS) is 10.8. The van der Waals surface area contributed by atoms with Crippen molar-refractivity contribution in [2.75, 3.05) is 24.2 Å². The van der Waals surface area contributed by atoms with Crippen LogP contribution in [0, 0.1) is 0 Å². The minimum Gasteiger partial charge on any atom is -0.480 e. The highest BCUT2D eigenvalue weighted by Crippen LogP contribution is 2.14. The van der Waals surface area contributed by atoms with E-state index in [1.54, 1.807) is 19.1 Å². The fourth-order valence-electron chi connectivity index (χ4n) is 1.37. The molecule has 0 bridgehead atoms. The van der Waals surface area contributed by atoms with Gasteiger partial charge in [0.1, 0.15) is 6.54 Å². The second-order valence-electron chi connectivity index (χ2n) is 3.95. The minimum atomic E-state index is -3.24. The van der Waals surface area contributed by atoms with Crippen LogP contribution in [0.3, 0.4) is 0 Å². The molecule has 0 unspecified atom stereocenters. The first kappa shape index (κ1) is 16.0. The summed E-state index contributed by atoms with van der Waals surface area (Å²) in [4.78, 5) is 21.7. The smallest absolute Gasteiger partial charge is 0.322 e. The summed E-state index contributed by atoms with van der Waals surface area (Å²) in [6, 6.07) is 6.01. The number of carboxylic acid groups (broad SMARTS) is 1. The van der Waals surface area contributed by atoms with Crippen LogP contribution in [0.5, 0.6) is 0 Å². The third-order valence-corrected chi connectivity index (χ3v) is 4.23. The summed E-state index contributed by atoms with van der Waals surface area (Å²) < 4.78 is 23.2. The zero-order valence-electron chi connectivity index (χ0n) is 10.9. The fourth-order valence-corrected chi connectivity index (χ4v) is 2.25. The molecule has 0 aliphatic carbocycles. The van der Waals surface area contributed by atoms with E-state index in [4.69, 9.17) is 5.11 Å². The molecule has 0 aliphatic rings. The zero-order chi connectivity index (χ0) is 15.2. The van der Waals surface area contributed by atoms with Crippen LogP contribution in [-0.4, -0.2) is 44.2 Å². The first-order valence-electron chi connectivity index (χ1n) is 5.90. The topological polar surface area (TPSA) is 113 Å². The summed E-state index contributed by atoms with van der Waals surface area (Å²) in [5.74, 6) is -1.55. The van der Waals surface area contributed by atoms with Crippen molar-refractivity contribution in [1.82, 2.24) is 5.32 Å². The molecule has 0 aromatic heterocycles. The molecule has 1 amide bonds. The second kappa shape index (κ2) is 6.90. The van der Waals surface area contributed by atoms with Gasteiger partial charge >= 0.3 is 5.97 Å². The number of carboxylic acids is 1. The maximum atomic E-state index is 11.6. The molecule has 0 saturated carbocycles. The van der Waals surface area contributed by atoms with E-state index in [1.807, 2.05) is 0 Å². The Labute approximate surface area is 116 Å². The molecular formula is C12H16N2O5S. The molecule has 1 aromatic carbocycles. The van der Waals surface area contributed by atoms with Gasteiger partial charge in [-0.3, -0.25) is 9.59 Å². The van der Waals surface area contributed by atoms with Crippen molar-refractivity contribution < 1.29 is 23.1 Å². The van der Waals surface area contributed by atoms with Gasteiger partial charge in [-0.2, -0.15) is 0 Å². The molecule has 0 heterocycles. The van der Waals surface area contributed by atoms with E-state index in [-0.39, 0.29) is 17.2 Å². The van der Waals surface area contributed by atoms with E-state index in [9.17, 15) is 18.0 Å². The third kappa shape index (κ3) is 4.88. The van der Waals surface area contributed by atoms with Gasteiger partial charge in [0.15, 0.2) is 9.84 Å². The number of sulfone groups is 1. The van der Waals surface area contributed by atoms with Gasteiger partial charge in [0.2, 0.25) is 5.91 Å². The maximum Gasteiger partial charge on any atom is 0.322 e. The lowest BCUT2D eigenvalue weighted by atomic mass is 10.3. The summed E-state index contributed by atoms with van der Waals surface area (Å²) >= 11 is 0. The lowest BCUT2D eigenvalue weighted by Crippen LogP contribution is -2.33. The Morgan fingerprint density at radius 2 is 1.75 bits per heavy atom. The zero-order valence-corrected chi connectivity index (χ0v) is 11.7. The molecule has 0 radical (unpaired) electrons. The predicted octanol–water partition coefficient (Wildman–Crippen LogP) is 0.0929. The standard InChI is InChI=1S/C12H16N2O5S/c1-2-20(18,19)10-5-3-9(4-6-10)13-7-11(15)14-8-12(16)17/h3-6,13H,2,7-8H2,1H3,(H,14,15)(H,16,17). The number of hydrogen-bond donors (Lipinski definition) is 3. The van der Waals surface area contributed by atoms with Crippen LogP contribution in [0.4, 0.5) is 5.69 Å². The van der Waals surface area contributed by atoms with Crippen molar-refractivity contribution in [2.24, 2.45) is 0 Å². The van der Waals surface area contributed by atoms with Gasteiger partial charge in [-0.1, -0.05) is 6.92 Å². The van der Waals surface area contributed by atoms with Crippen molar-refractivity contribution in [1.29, 1.82) is 0 Å². The van der Waals surface area contributed by atoms with Crippen LogP contribution in [0.2, 0.25) is 0 Å². The molecule has 8 heteroatoms. The third-order valence-electron chi connectivity index (χ3n) is 2.48. The van der Waals surface area contributed by atoms with E-state index < -0.39 is 28.3 Å². The molecule has 1 rings (SSSR count). The molecular weight excluding hydrogens is 284 g/mol. The van der Waals surface area contributed by atoms with Gasteiger partial charge in [-0.05, 0) is 24.3 Å². The van der Waals surface area contributed by atoms with Crippen LogP contribution in [0.15, 0.2) is 29.2 Å². The number of carbonyl (C=O) groups excluding carboxylic acids is 1. The highest BCUT2D eigenvalue weighted by Gasteiger charge is 2.10. The average molecular weight is 300 g/mol. The fraction of sp³-hybridized carbons (Fsp3) is 0.333. The predicted molar refractivity (Wildman–Crippen MR) is 73.3 cm³/mol. The number of hydrogen-bond acceptors (Lipinski definition) is 5. The van der Waals surface area contributed by atoms with Gasteiger partial charge in [0, 0.05) is 5.69 Å². The number of carbonyl (C=O) groups is 2. The Bertz CT molecular complexity index is 580. The summed E-state index contributed by atoms with van der Waals surface area (Å²) in [7, 11) is -3.24. The van der Waals surface area contributed by atoms with Crippen molar-refractivity contribution in [3.8, 4) is 0 Å². The van der Waals surface area contributed by atoms with Crippen LogP contribution in [0.25, 0.3) is 0 Å². The van der Waals surface area contributed by atoms with Crippen LogP contribution < -0.4 is 10.6 Å². The molecule has 7 nitrogen and oxygen atoms in total. The molecule has 3 N–H and O–H groups in total. The first-order chi connectivity index (χ1) is 9.35. The van der Waals surface area contributed by atoms with Crippen LogP contribution >= 0.6 is 0 Å². The molecule has 110 valence electrons. The van der Waals surface area contributed by atoms with Crippen molar-refractivity contribution in [3.63, 3.8) is 0 Å². The van der Waals surface area contributed by atoms with E-state index in [2.05, 4.69) is 10.6 Å². The molecule has 0 spiro atoms. The number of rotatable bonds is 7. The quantitative estimate of drug-likeness (QED) is 0.658. The lowest BCUT2D eigenvalue weighted by Gasteiger charge is -2.07. The summed E-state index contributed by atoms with van der Waals surface area (Å²) in [5.41, 5.74) is 0.575.